The molecule has 4 nitrogen and oxygen atoms in total. The highest BCUT2D eigenvalue weighted by molar-refractivity contribution is 9.09. The molecule has 0 fully saturated rings. The SMILES string of the molecule is CN=C(CBr)/C(C)=C(\N)OCC#N. The van der Waals surface area contributed by atoms with Gasteiger partial charge in [-0.15, -0.1) is 0 Å². The zero-order valence-electron chi connectivity index (χ0n) is 7.67. The molecule has 5 heteroatoms. The molecule has 0 aliphatic rings. The Balaban J connectivity index is 4.51. The van der Waals surface area contributed by atoms with Crippen LogP contribution in [0.15, 0.2) is 16.4 Å². The van der Waals surface area contributed by atoms with E-state index in [9.17, 15) is 0 Å². The number of nitrogens with zero attached hydrogens (tertiary/aromatic N) is 2. The Morgan fingerprint density at radius 3 is 2.69 bits per heavy atom. The maximum absolute atomic E-state index is 8.26. The van der Waals surface area contributed by atoms with Crippen LogP contribution in [0.2, 0.25) is 0 Å². The number of ether oxygens (including phenoxy) is 1. The summed E-state index contributed by atoms with van der Waals surface area (Å²) in [6.07, 6.45) is 0. The van der Waals surface area contributed by atoms with Crippen LogP contribution >= 0.6 is 15.9 Å². The number of alkyl halides is 1. The molecular weight excluding hydrogens is 234 g/mol. The predicted octanol–water partition coefficient (Wildman–Crippen LogP) is 1.18. The molecule has 0 aromatic rings. The van der Waals surface area contributed by atoms with Crippen molar-refractivity contribution in [3.05, 3.63) is 11.5 Å². The molecule has 0 heterocycles. The molecule has 0 aliphatic carbocycles. The molecule has 0 spiro atoms. The van der Waals surface area contributed by atoms with E-state index in [1.165, 1.54) is 0 Å². The first-order valence-corrected chi connectivity index (χ1v) is 4.77. The fourth-order valence-electron chi connectivity index (χ4n) is 0.688. The second kappa shape index (κ2) is 6.49. The molecule has 72 valence electrons. The van der Waals surface area contributed by atoms with E-state index in [-0.39, 0.29) is 12.5 Å². The van der Waals surface area contributed by atoms with Gasteiger partial charge in [-0.2, -0.15) is 5.26 Å². The average Bonchev–Trinajstić information content (AvgIpc) is 2.15. The third-order valence-electron chi connectivity index (χ3n) is 1.49. The number of hydrogen-bond acceptors (Lipinski definition) is 4. The van der Waals surface area contributed by atoms with Gasteiger partial charge in [0.25, 0.3) is 0 Å². The van der Waals surface area contributed by atoms with Gasteiger partial charge >= 0.3 is 0 Å². The van der Waals surface area contributed by atoms with E-state index in [2.05, 4.69) is 20.9 Å². The number of halogens is 1. The van der Waals surface area contributed by atoms with Crippen LogP contribution in [-0.2, 0) is 4.74 Å². The maximum Gasteiger partial charge on any atom is 0.190 e. The summed E-state index contributed by atoms with van der Waals surface area (Å²) in [5.41, 5.74) is 7.13. The number of rotatable bonds is 4. The Morgan fingerprint density at radius 2 is 2.31 bits per heavy atom. The minimum Gasteiger partial charge on any atom is -0.464 e. The van der Waals surface area contributed by atoms with Crippen molar-refractivity contribution < 1.29 is 4.74 Å². The van der Waals surface area contributed by atoms with Crippen LogP contribution in [0.25, 0.3) is 0 Å². The van der Waals surface area contributed by atoms with Crippen molar-refractivity contribution >= 4 is 21.6 Å². The van der Waals surface area contributed by atoms with Crippen molar-refractivity contribution in [2.24, 2.45) is 10.7 Å². The van der Waals surface area contributed by atoms with Crippen LogP contribution in [0.4, 0.5) is 0 Å². The van der Waals surface area contributed by atoms with Crippen molar-refractivity contribution in [3.63, 3.8) is 0 Å². The fraction of sp³-hybridized carbons (Fsp3) is 0.500. The van der Waals surface area contributed by atoms with Gasteiger partial charge in [-0.05, 0) is 6.92 Å². The highest BCUT2D eigenvalue weighted by Crippen LogP contribution is 2.05. The summed E-state index contributed by atoms with van der Waals surface area (Å²) >= 11 is 3.27. The van der Waals surface area contributed by atoms with Crippen molar-refractivity contribution in [1.82, 2.24) is 0 Å². The Morgan fingerprint density at radius 1 is 1.69 bits per heavy atom. The zero-order valence-corrected chi connectivity index (χ0v) is 9.26. The summed E-state index contributed by atoms with van der Waals surface area (Å²) in [6.45, 7) is 1.76. The number of aliphatic imine (C=N–C) groups is 1. The van der Waals surface area contributed by atoms with E-state index in [1.54, 1.807) is 14.0 Å². The first-order chi connectivity index (χ1) is 6.17. The fourth-order valence-corrected chi connectivity index (χ4v) is 1.36. The lowest BCUT2D eigenvalue weighted by Gasteiger charge is -2.07. The second-order valence-electron chi connectivity index (χ2n) is 2.24. The molecule has 0 rings (SSSR count). The zero-order chi connectivity index (χ0) is 10.3. The molecule has 0 saturated carbocycles. The predicted molar refractivity (Wildman–Crippen MR) is 55.6 cm³/mol. The van der Waals surface area contributed by atoms with Crippen molar-refractivity contribution in [3.8, 4) is 6.07 Å². The lowest BCUT2D eigenvalue weighted by atomic mass is 10.2. The van der Waals surface area contributed by atoms with Gasteiger partial charge in [0, 0.05) is 18.0 Å². The van der Waals surface area contributed by atoms with Gasteiger partial charge in [-0.25, -0.2) is 0 Å². The normalized spacial score (nSPS) is 13.2. The maximum atomic E-state index is 8.26. The molecule has 0 bridgehead atoms. The largest absolute Gasteiger partial charge is 0.464 e. The highest BCUT2D eigenvalue weighted by atomic mass is 79.9. The Kier molecular flexibility index (Phi) is 5.98. The van der Waals surface area contributed by atoms with Crippen LogP contribution in [0.3, 0.4) is 0 Å². The second-order valence-corrected chi connectivity index (χ2v) is 2.80. The summed E-state index contributed by atoms with van der Waals surface area (Å²) in [6, 6.07) is 1.84. The minimum atomic E-state index is -0.0392. The molecule has 0 aliphatic heterocycles. The average molecular weight is 246 g/mol. The molecule has 0 unspecified atom stereocenters. The molecule has 0 amide bonds. The highest BCUT2D eigenvalue weighted by Gasteiger charge is 2.05. The smallest absolute Gasteiger partial charge is 0.190 e. The van der Waals surface area contributed by atoms with E-state index >= 15 is 0 Å². The molecule has 0 saturated heterocycles. The molecule has 0 atom stereocenters. The van der Waals surface area contributed by atoms with E-state index < -0.39 is 0 Å². The number of nitriles is 1. The first kappa shape index (κ1) is 12.0. The molecular formula is C8H12BrN3O. The molecule has 2 N–H and O–H groups in total. The lowest BCUT2D eigenvalue weighted by Crippen LogP contribution is -2.13. The molecule has 13 heavy (non-hydrogen) atoms. The first-order valence-electron chi connectivity index (χ1n) is 3.65. The van der Waals surface area contributed by atoms with Gasteiger partial charge in [0.1, 0.15) is 6.07 Å². The van der Waals surface area contributed by atoms with Gasteiger partial charge in [0.15, 0.2) is 12.5 Å². The topological polar surface area (TPSA) is 71.4 Å². The van der Waals surface area contributed by atoms with Gasteiger partial charge in [0.05, 0.1) is 5.71 Å². The van der Waals surface area contributed by atoms with E-state index in [0.717, 1.165) is 11.3 Å². The minimum absolute atomic E-state index is 0.0392. The summed E-state index contributed by atoms with van der Waals surface area (Å²) in [7, 11) is 1.68. The van der Waals surface area contributed by atoms with Gasteiger partial charge in [-0.3, -0.25) is 4.99 Å². The monoisotopic (exact) mass is 245 g/mol. The Bertz CT molecular complexity index is 265. The van der Waals surface area contributed by atoms with Crippen molar-refractivity contribution in [2.75, 3.05) is 19.0 Å². The molecule has 0 radical (unpaired) electrons. The Hall–Kier alpha value is -1.02. The van der Waals surface area contributed by atoms with Gasteiger partial charge in [-0.1, -0.05) is 15.9 Å². The molecule has 0 aromatic heterocycles. The molecule has 0 aromatic carbocycles. The summed E-state index contributed by atoms with van der Waals surface area (Å²) < 4.78 is 4.93. The van der Waals surface area contributed by atoms with Crippen molar-refractivity contribution in [2.45, 2.75) is 6.92 Å². The van der Waals surface area contributed by atoms with Crippen LogP contribution in [0, 0.1) is 11.3 Å². The standard InChI is InChI=1S/C8H12BrN3O/c1-6(7(5-9)12-2)8(11)13-4-3-10/h4-5,11H2,1-2H3/b8-6+,12-7?. The summed E-state index contributed by atoms with van der Waals surface area (Å²) in [4.78, 5) is 4.00. The van der Waals surface area contributed by atoms with Crippen LogP contribution in [0.1, 0.15) is 6.92 Å². The third kappa shape index (κ3) is 3.95. The van der Waals surface area contributed by atoms with Gasteiger partial charge in [0.2, 0.25) is 0 Å². The van der Waals surface area contributed by atoms with Crippen LogP contribution < -0.4 is 5.73 Å². The number of hydrogen-bond donors (Lipinski definition) is 1. The lowest BCUT2D eigenvalue weighted by molar-refractivity contribution is 0.246. The van der Waals surface area contributed by atoms with E-state index in [0.29, 0.717) is 5.33 Å². The summed E-state index contributed by atoms with van der Waals surface area (Å²) in [5, 5.41) is 8.87. The third-order valence-corrected chi connectivity index (χ3v) is 2.02. The summed E-state index contributed by atoms with van der Waals surface area (Å²) in [5.74, 6) is 0.251. The van der Waals surface area contributed by atoms with Crippen LogP contribution in [-0.4, -0.2) is 24.7 Å². The van der Waals surface area contributed by atoms with Crippen LogP contribution in [0.5, 0.6) is 0 Å². The number of nitrogens with two attached hydrogens (primary N) is 1. The number of allylic oxidation sites excluding steroid dienone is 1. The van der Waals surface area contributed by atoms with E-state index in [1.807, 2.05) is 6.07 Å². The Labute approximate surface area is 86.2 Å². The van der Waals surface area contributed by atoms with Crippen molar-refractivity contribution in [1.29, 1.82) is 5.26 Å². The van der Waals surface area contributed by atoms with E-state index in [4.69, 9.17) is 15.7 Å². The quantitative estimate of drug-likeness (QED) is 0.460. The van der Waals surface area contributed by atoms with Gasteiger partial charge < -0.3 is 10.5 Å².